The van der Waals surface area contributed by atoms with Crippen LogP contribution in [0.5, 0.6) is 0 Å². The van der Waals surface area contributed by atoms with Crippen LogP contribution in [0.2, 0.25) is 0 Å². The van der Waals surface area contributed by atoms with E-state index in [4.69, 9.17) is 0 Å². The number of hydrogen-bond donors (Lipinski definition) is 1. The highest BCUT2D eigenvalue weighted by molar-refractivity contribution is 5.21. The van der Waals surface area contributed by atoms with Crippen LogP contribution in [0.4, 0.5) is 0 Å². The predicted molar refractivity (Wildman–Crippen MR) is 92.6 cm³/mol. The molecular weight excluding hydrogens is 254 g/mol. The van der Waals surface area contributed by atoms with E-state index in [1.807, 2.05) is 0 Å². The topological polar surface area (TPSA) is 12.0 Å². The molecule has 0 saturated heterocycles. The quantitative estimate of drug-likeness (QED) is 0.755. The van der Waals surface area contributed by atoms with E-state index in [9.17, 15) is 0 Å². The summed E-state index contributed by atoms with van der Waals surface area (Å²) in [6, 6.07) is 11.8. The summed E-state index contributed by atoms with van der Waals surface area (Å²) in [6.07, 6.45) is 5.43. The maximum absolute atomic E-state index is 3.84. The van der Waals surface area contributed by atoms with Crippen molar-refractivity contribution in [2.24, 2.45) is 17.8 Å². The van der Waals surface area contributed by atoms with Crippen molar-refractivity contribution in [3.8, 4) is 0 Å². The summed E-state index contributed by atoms with van der Waals surface area (Å²) in [5.41, 5.74) is 1.51. The van der Waals surface area contributed by atoms with E-state index in [0.717, 1.165) is 24.3 Å². The first-order valence-corrected chi connectivity index (χ1v) is 8.93. The standard InChI is InChI=1S/C20H33N/c1-5-19(17-10-8-7-9-11-17)20(21-6-2)18-13-15(3)12-16(4)14-18/h7-11,15-16,18-21H,5-6,12-14H2,1-4H3. The maximum Gasteiger partial charge on any atom is 0.0164 e. The molecule has 0 radical (unpaired) electrons. The Morgan fingerprint density at radius 3 is 2.14 bits per heavy atom. The Labute approximate surface area is 131 Å². The third kappa shape index (κ3) is 4.32. The van der Waals surface area contributed by atoms with Gasteiger partial charge in [-0.25, -0.2) is 0 Å². The summed E-state index contributed by atoms with van der Waals surface area (Å²) in [7, 11) is 0. The lowest BCUT2D eigenvalue weighted by Crippen LogP contribution is -2.43. The van der Waals surface area contributed by atoms with Crippen LogP contribution in [0.15, 0.2) is 30.3 Å². The molecule has 1 fully saturated rings. The van der Waals surface area contributed by atoms with Gasteiger partial charge in [0.15, 0.2) is 0 Å². The lowest BCUT2D eigenvalue weighted by Gasteiger charge is -2.40. The van der Waals surface area contributed by atoms with Crippen molar-refractivity contribution in [1.82, 2.24) is 5.32 Å². The third-order valence-electron chi connectivity index (χ3n) is 5.26. The van der Waals surface area contributed by atoms with Crippen LogP contribution < -0.4 is 5.32 Å². The Morgan fingerprint density at radius 1 is 1.00 bits per heavy atom. The molecule has 4 atom stereocenters. The monoisotopic (exact) mass is 287 g/mol. The second kappa shape index (κ2) is 7.98. The predicted octanol–water partition coefficient (Wildman–Crippen LogP) is 5.23. The van der Waals surface area contributed by atoms with Crippen LogP contribution in [-0.2, 0) is 0 Å². The number of rotatable bonds is 6. The smallest absolute Gasteiger partial charge is 0.0164 e. The van der Waals surface area contributed by atoms with Gasteiger partial charge < -0.3 is 5.32 Å². The van der Waals surface area contributed by atoms with Crippen LogP contribution in [0.3, 0.4) is 0 Å². The number of hydrogen-bond acceptors (Lipinski definition) is 1. The third-order valence-corrected chi connectivity index (χ3v) is 5.26. The molecule has 0 aromatic heterocycles. The average Bonchev–Trinajstić information content (AvgIpc) is 2.47. The highest BCUT2D eigenvalue weighted by atomic mass is 14.9. The molecule has 0 aliphatic heterocycles. The molecule has 0 heterocycles. The van der Waals surface area contributed by atoms with Gasteiger partial charge in [0.2, 0.25) is 0 Å². The van der Waals surface area contributed by atoms with Gasteiger partial charge in [-0.1, -0.05) is 58.0 Å². The molecule has 1 aliphatic rings. The first-order valence-electron chi connectivity index (χ1n) is 8.93. The van der Waals surface area contributed by atoms with E-state index in [2.05, 4.69) is 63.3 Å². The minimum absolute atomic E-state index is 0.632. The normalized spacial score (nSPS) is 29.0. The molecule has 0 spiro atoms. The van der Waals surface area contributed by atoms with E-state index in [1.54, 1.807) is 0 Å². The van der Waals surface area contributed by atoms with Crippen molar-refractivity contribution >= 4 is 0 Å². The summed E-state index contributed by atoms with van der Waals surface area (Å²) in [5.74, 6) is 3.24. The van der Waals surface area contributed by atoms with Gasteiger partial charge in [-0.2, -0.15) is 0 Å². The summed E-state index contributed by atoms with van der Waals surface area (Å²) < 4.78 is 0. The van der Waals surface area contributed by atoms with Gasteiger partial charge in [0.05, 0.1) is 0 Å². The molecule has 0 bridgehead atoms. The fraction of sp³-hybridized carbons (Fsp3) is 0.700. The molecule has 1 N–H and O–H groups in total. The first kappa shape index (κ1) is 16.5. The van der Waals surface area contributed by atoms with Gasteiger partial charge in [-0.3, -0.25) is 0 Å². The van der Waals surface area contributed by atoms with Gasteiger partial charge >= 0.3 is 0 Å². The number of likely N-dealkylation sites (N-methyl/N-ethyl adjacent to an activating group) is 1. The first-order chi connectivity index (χ1) is 10.2. The number of nitrogens with one attached hydrogen (secondary N) is 1. The Morgan fingerprint density at radius 2 is 1.62 bits per heavy atom. The second-order valence-electron chi connectivity index (χ2n) is 7.19. The minimum atomic E-state index is 0.632. The Bertz CT molecular complexity index is 390. The highest BCUT2D eigenvalue weighted by Gasteiger charge is 2.33. The largest absolute Gasteiger partial charge is 0.313 e. The van der Waals surface area contributed by atoms with Crippen molar-refractivity contribution in [3.05, 3.63) is 35.9 Å². The highest BCUT2D eigenvalue weighted by Crippen LogP contribution is 2.39. The summed E-state index contributed by atoms with van der Waals surface area (Å²) in [5, 5.41) is 3.84. The molecule has 1 aliphatic carbocycles. The van der Waals surface area contributed by atoms with Crippen molar-refractivity contribution in [2.75, 3.05) is 6.54 Å². The zero-order chi connectivity index (χ0) is 15.2. The Hall–Kier alpha value is -0.820. The van der Waals surface area contributed by atoms with Crippen molar-refractivity contribution in [3.63, 3.8) is 0 Å². The van der Waals surface area contributed by atoms with Crippen molar-refractivity contribution < 1.29 is 0 Å². The Kier molecular flexibility index (Phi) is 6.29. The molecule has 2 rings (SSSR count). The Balaban J connectivity index is 2.19. The zero-order valence-electron chi connectivity index (χ0n) is 14.3. The van der Waals surface area contributed by atoms with Crippen LogP contribution >= 0.6 is 0 Å². The average molecular weight is 287 g/mol. The maximum atomic E-state index is 3.84. The van der Waals surface area contributed by atoms with Gasteiger partial charge in [-0.05, 0) is 61.5 Å². The molecule has 1 heteroatoms. The molecule has 1 saturated carbocycles. The van der Waals surface area contributed by atoms with Crippen molar-refractivity contribution in [2.45, 2.75) is 65.3 Å². The molecular formula is C20H33N. The van der Waals surface area contributed by atoms with E-state index in [0.29, 0.717) is 12.0 Å². The summed E-state index contributed by atoms with van der Waals surface area (Å²) >= 11 is 0. The van der Waals surface area contributed by atoms with Gasteiger partial charge in [-0.15, -0.1) is 0 Å². The molecule has 21 heavy (non-hydrogen) atoms. The van der Waals surface area contributed by atoms with E-state index in [1.165, 1.54) is 31.2 Å². The van der Waals surface area contributed by atoms with Gasteiger partial charge in [0.25, 0.3) is 0 Å². The SMILES string of the molecule is CCNC(C1CC(C)CC(C)C1)C(CC)c1ccccc1. The second-order valence-corrected chi connectivity index (χ2v) is 7.19. The summed E-state index contributed by atoms with van der Waals surface area (Å²) in [4.78, 5) is 0. The lowest BCUT2D eigenvalue weighted by molar-refractivity contribution is 0.161. The molecule has 1 aromatic carbocycles. The summed E-state index contributed by atoms with van der Waals surface area (Å²) in [6.45, 7) is 10.6. The van der Waals surface area contributed by atoms with Crippen LogP contribution in [0, 0.1) is 17.8 Å². The molecule has 4 unspecified atom stereocenters. The lowest BCUT2D eigenvalue weighted by atomic mass is 9.69. The fourth-order valence-corrected chi connectivity index (χ4v) is 4.57. The minimum Gasteiger partial charge on any atom is -0.313 e. The van der Waals surface area contributed by atoms with Crippen molar-refractivity contribution in [1.29, 1.82) is 0 Å². The fourth-order valence-electron chi connectivity index (χ4n) is 4.57. The van der Waals surface area contributed by atoms with E-state index in [-0.39, 0.29) is 0 Å². The zero-order valence-corrected chi connectivity index (χ0v) is 14.3. The van der Waals surface area contributed by atoms with Gasteiger partial charge in [0.1, 0.15) is 0 Å². The molecule has 0 amide bonds. The molecule has 1 nitrogen and oxygen atoms in total. The number of benzene rings is 1. The van der Waals surface area contributed by atoms with Crippen LogP contribution in [-0.4, -0.2) is 12.6 Å². The van der Waals surface area contributed by atoms with Crippen LogP contribution in [0.1, 0.15) is 64.9 Å². The molecule has 1 aromatic rings. The van der Waals surface area contributed by atoms with Gasteiger partial charge in [0, 0.05) is 6.04 Å². The van der Waals surface area contributed by atoms with Crippen LogP contribution in [0.25, 0.3) is 0 Å². The van der Waals surface area contributed by atoms with E-state index >= 15 is 0 Å². The molecule has 118 valence electrons. The van der Waals surface area contributed by atoms with E-state index < -0.39 is 0 Å².